The van der Waals surface area contributed by atoms with E-state index in [-0.39, 0.29) is 5.69 Å². The Morgan fingerprint density at radius 2 is 2.15 bits per heavy atom. The zero-order chi connectivity index (χ0) is 14.5. The van der Waals surface area contributed by atoms with Crippen molar-refractivity contribution in [3.8, 4) is 6.07 Å². The molecule has 0 aliphatic heterocycles. The minimum atomic E-state index is -0.438. The van der Waals surface area contributed by atoms with Gasteiger partial charge >= 0.3 is 0 Å². The summed E-state index contributed by atoms with van der Waals surface area (Å²) in [7, 11) is 0. The molecule has 0 bridgehead atoms. The second-order valence-corrected chi connectivity index (χ2v) is 4.27. The van der Waals surface area contributed by atoms with Crippen LogP contribution in [0, 0.1) is 11.3 Å². The van der Waals surface area contributed by atoms with Gasteiger partial charge in [-0.05, 0) is 30.3 Å². The third-order valence-electron chi connectivity index (χ3n) is 2.51. The molecular formula is C13H10ClN5O. The lowest BCUT2D eigenvalue weighted by Gasteiger charge is -2.07. The molecule has 6 nitrogen and oxygen atoms in total. The summed E-state index contributed by atoms with van der Waals surface area (Å²) in [5.41, 5.74) is 3.86. The highest BCUT2D eigenvalue weighted by molar-refractivity contribution is 6.31. The van der Waals surface area contributed by atoms with Gasteiger partial charge in [-0.2, -0.15) is 5.26 Å². The number of nitrogens with zero attached hydrogens (tertiary/aromatic N) is 2. The van der Waals surface area contributed by atoms with Gasteiger partial charge in [-0.25, -0.2) is 4.98 Å². The number of carbonyl (C=O) groups is 1. The first-order valence-electron chi connectivity index (χ1n) is 5.57. The Balaban J connectivity index is 2.23. The minimum Gasteiger partial charge on any atom is -0.323 e. The molecular weight excluding hydrogens is 278 g/mol. The summed E-state index contributed by atoms with van der Waals surface area (Å²) >= 11 is 5.84. The molecule has 0 aliphatic rings. The fraction of sp³-hybridized carbons (Fsp3) is 0. The van der Waals surface area contributed by atoms with Gasteiger partial charge in [0.2, 0.25) is 0 Å². The number of nitriles is 1. The number of hydrogen-bond acceptors (Lipinski definition) is 5. The number of nitrogen functional groups attached to an aromatic ring is 1. The van der Waals surface area contributed by atoms with Crippen LogP contribution in [0.3, 0.4) is 0 Å². The second-order valence-electron chi connectivity index (χ2n) is 3.83. The molecule has 2 aromatic rings. The Morgan fingerprint density at radius 1 is 1.35 bits per heavy atom. The van der Waals surface area contributed by atoms with E-state index in [0.29, 0.717) is 22.0 Å². The van der Waals surface area contributed by atoms with Crippen molar-refractivity contribution in [3.05, 3.63) is 52.8 Å². The van der Waals surface area contributed by atoms with Crippen LogP contribution in [0.1, 0.15) is 16.1 Å². The maximum absolute atomic E-state index is 12.0. The van der Waals surface area contributed by atoms with Gasteiger partial charge in [0.05, 0.1) is 23.1 Å². The third-order valence-corrected chi connectivity index (χ3v) is 2.75. The summed E-state index contributed by atoms with van der Waals surface area (Å²) in [5.74, 6) is 4.78. The normalized spacial score (nSPS) is 9.65. The van der Waals surface area contributed by atoms with E-state index in [4.69, 9.17) is 22.7 Å². The number of anilines is 2. The molecule has 0 spiro atoms. The lowest BCUT2D eigenvalue weighted by atomic mass is 10.2. The van der Waals surface area contributed by atoms with E-state index in [2.05, 4.69) is 15.7 Å². The number of amides is 1. The number of pyridine rings is 1. The number of carbonyl (C=O) groups excluding carboxylic acids is 1. The minimum absolute atomic E-state index is 0.202. The summed E-state index contributed by atoms with van der Waals surface area (Å²) in [6.45, 7) is 0. The lowest BCUT2D eigenvalue weighted by molar-refractivity contribution is 0.102. The van der Waals surface area contributed by atoms with Crippen molar-refractivity contribution in [1.29, 1.82) is 5.26 Å². The maximum atomic E-state index is 12.0. The molecule has 20 heavy (non-hydrogen) atoms. The first kappa shape index (κ1) is 13.8. The average molecular weight is 288 g/mol. The molecule has 7 heteroatoms. The second kappa shape index (κ2) is 6.02. The van der Waals surface area contributed by atoms with Crippen molar-refractivity contribution < 1.29 is 4.79 Å². The lowest BCUT2D eigenvalue weighted by Crippen LogP contribution is -2.15. The van der Waals surface area contributed by atoms with Crippen LogP contribution < -0.4 is 16.6 Å². The molecule has 0 unspecified atom stereocenters. The first-order chi connectivity index (χ1) is 9.63. The van der Waals surface area contributed by atoms with E-state index in [9.17, 15) is 4.79 Å². The van der Waals surface area contributed by atoms with Crippen LogP contribution in [0.2, 0.25) is 5.02 Å². The fourth-order valence-electron chi connectivity index (χ4n) is 1.52. The summed E-state index contributed by atoms with van der Waals surface area (Å²) in [5, 5.41) is 12.0. The van der Waals surface area contributed by atoms with Crippen LogP contribution in [0.5, 0.6) is 0 Å². The van der Waals surface area contributed by atoms with Gasteiger partial charge in [0, 0.05) is 5.02 Å². The highest BCUT2D eigenvalue weighted by Gasteiger charge is 2.11. The monoisotopic (exact) mass is 287 g/mol. The smallest absolute Gasteiger partial charge is 0.274 e. The van der Waals surface area contributed by atoms with Gasteiger partial charge < -0.3 is 10.7 Å². The maximum Gasteiger partial charge on any atom is 0.274 e. The van der Waals surface area contributed by atoms with E-state index in [1.165, 1.54) is 24.4 Å². The molecule has 2 rings (SSSR count). The van der Waals surface area contributed by atoms with Gasteiger partial charge in [-0.3, -0.25) is 10.6 Å². The fourth-order valence-corrected chi connectivity index (χ4v) is 1.69. The Morgan fingerprint density at radius 3 is 2.75 bits per heavy atom. The quantitative estimate of drug-likeness (QED) is 0.593. The predicted octanol–water partition coefficient (Wildman–Crippen LogP) is 2.14. The van der Waals surface area contributed by atoms with Crippen molar-refractivity contribution in [2.75, 3.05) is 10.7 Å². The zero-order valence-corrected chi connectivity index (χ0v) is 11.0. The molecule has 1 amide bonds. The number of nitrogens with two attached hydrogens (primary N) is 1. The molecule has 100 valence electrons. The number of benzene rings is 1. The van der Waals surface area contributed by atoms with Crippen molar-refractivity contribution >= 4 is 28.9 Å². The van der Waals surface area contributed by atoms with Gasteiger partial charge in [0.1, 0.15) is 11.8 Å². The van der Waals surface area contributed by atoms with Gasteiger partial charge in [0.25, 0.3) is 5.91 Å². The Hall–Kier alpha value is -2.62. The van der Waals surface area contributed by atoms with Crippen molar-refractivity contribution in [3.63, 3.8) is 0 Å². The molecule has 0 saturated heterocycles. The van der Waals surface area contributed by atoms with E-state index in [1.54, 1.807) is 12.1 Å². The van der Waals surface area contributed by atoms with Crippen LogP contribution in [-0.2, 0) is 0 Å². The van der Waals surface area contributed by atoms with Crippen LogP contribution in [0.25, 0.3) is 0 Å². The van der Waals surface area contributed by atoms with E-state index >= 15 is 0 Å². The topological polar surface area (TPSA) is 104 Å². The van der Waals surface area contributed by atoms with Crippen molar-refractivity contribution in [2.24, 2.45) is 5.84 Å². The molecule has 4 N–H and O–H groups in total. The summed E-state index contributed by atoms with van der Waals surface area (Å²) < 4.78 is 0. The van der Waals surface area contributed by atoms with Gasteiger partial charge in [-0.1, -0.05) is 11.6 Å². The van der Waals surface area contributed by atoms with Gasteiger partial charge in [-0.15, -0.1) is 0 Å². The molecule has 0 aliphatic carbocycles. The molecule has 0 fully saturated rings. The molecule has 0 atom stereocenters. The Kier molecular flexibility index (Phi) is 4.15. The molecule has 0 saturated carbocycles. The molecule has 1 heterocycles. The average Bonchev–Trinajstić information content (AvgIpc) is 2.47. The van der Waals surface area contributed by atoms with E-state index in [0.717, 1.165) is 0 Å². The van der Waals surface area contributed by atoms with Crippen LogP contribution in [-0.4, -0.2) is 10.9 Å². The number of nitrogens with one attached hydrogen (secondary N) is 2. The molecule has 0 radical (unpaired) electrons. The highest BCUT2D eigenvalue weighted by atomic mass is 35.5. The number of rotatable bonds is 3. The van der Waals surface area contributed by atoms with Crippen molar-refractivity contribution in [2.45, 2.75) is 0 Å². The van der Waals surface area contributed by atoms with E-state index in [1.807, 2.05) is 6.07 Å². The van der Waals surface area contributed by atoms with Gasteiger partial charge in [0.15, 0.2) is 0 Å². The number of halogens is 1. The molecule has 1 aromatic carbocycles. The molecule has 1 aromatic heterocycles. The zero-order valence-electron chi connectivity index (χ0n) is 10.2. The number of hydrogen-bond donors (Lipinski definition) is 3. The third kappa shape index (κ3) is 3.03. The predicted molar refractivity (Wildman–Crippen MR) is 76.2 cm³/mol. The number of aromatic nitrogens is 1. The standard InChI is InChI=1S/C13H10ClN5O/c14-9-2-1-8(6-15)12(5-9)18-13(20)11-4-3-10(19-16)7-17-11/h1-5,7,19H,16H2,(H,18,20). The Labute approximate surface area is 120 Å². The summed E-state index contributed by atoms with van der Waals surface area (Å²) in [6.07, 6.45) is 1.43. The number of hydrazine groups is 1. The Bertz CT molecular complexity index is 678. The summed E-state index contributed by atoms with van der Waals surface area (Å²) in [4.78, 5) is 16.0. The van der Waals surface area contributed by atoms with E-state index < -0.39 is 5.91 Å². The SMILES string of the molecule is N#Cc1ccc(Cl)cc1NC(=O)c1ccc(NN)cn1. The summed E-state index contributed by atoms with van der Waals surface area (Å²) in [6, 6.07) is 9.73. The largest absolute Gasteiger partial charge is 0.323 e. The van der Waals surface area contributed by atoms with Crippen molar-refractivity contribution in [1.82, 2.24) is 4.98 Å². The van der Waals surface area contributed by atoms with Crippen LogP contribution in [0.15, 0.2) is 36.5 Å². The highest BCUT2D eigenvalue weighted by Crippen LogP contribution is 2.21. The van der Waals surface area contributed by atoms with Crippen LogP contribution in [0.4, 0.5) is 11.4 Å². The first-order valence-corrected chi connectivity index (χ1v) is 5.95. The van der Waals surface area contributed by atoms with Crippen LogP contribution >= 0.6 is 11.6 Å².